The van der Waals surface area contributed by atoms with Gasteiger partial charge in [0.05, 0.1) is 6.20 Å². The molecule has 0 amide bonds. The van der Waals surface area contributed by atoms with E-state index in [2.05, 4.69) is 21.4 Å². The zero-order valence-corrected chi connectivity index (χ0v) is 12.5. The van der Waals surface area contributed by atoms with Crippen molar-refractivity contribution in [3.63, 3.8) is 0 Å². The van der Waals surface area contributed by atoms with Gasteiger partial charge in [-0.25, -0.2) is 9.97 Å². The van der Waals surface area contributed by atoms with Crippen LogP contribution >= 0.6 is 0 Å². The summed E-state index contributed by atoms with van der Waals surface area (Å²) < 4.78 is 5.74. The van der Waals surface area contributed by atoms with Gasteiger partial charge in [-0.15, -0.1) is 0 Å². The Morgan fingerprint density at radius 2 is 1.70 bits per heavy atom. The highest BCUT2D eigenvalue weighted by molar-refractivity contribution is 5.62. The molecule has 0 aliphatic rings. The second kappa shape index (κ2) is 6.58. The first-order valence-corrected chi connectivity index (χ1v) is 7.08. The predicted molar refractivity (Wildman–Crippen MR) is 87.7 cm³/mol. The number of aromatic nitrogens is 2. The van der Waals surface area contributed by atoms with Crippen molar-refractivity contribution in [3.8, 4) is 17.6 Å². The number of ether oxygens (including phenoxy) is 1. The fraction of sp³-hybridized carbons (Fsp3) is 0.0556. The van der Waals surface area contributed by atoms with E-state index in [1.54, 1.807) is 6.92 Å². The molecule has 0 aliphatic heterocycles. The van der Waals surface area contributed by atoms with Gasteiger partial charge in [-0.2, -0.15) is 5.26 Å². The minimum atomic E-state index is 0.403. The van der Waals surface area contributed by atoms with E-state index in [0.717, 1.165) is 17.2 Å². The molecule has 0 fully saturated rings. The number of aryl methyl sites for hydroxylation is 1. The Bertz CT molecular complexity index is 839. The molecule has 3 rings (SSSR count). The monoisotopic (exact) mass is 302 g/mol. The maximum absolute atomic E-state index is 9.11. The van der Waals surface area contributed by atoms with Gasteiger partial charge in [-0.05, 0) is 43.3 Å². The van der Waals surface area contributed by atoms with Crippen molar-refractivity contribution in [2.75, 3.05) is 5.32 Å². The molecule has 0 spiro atoms. The first-order valence-electron chi connectivity index (χ1n) is 7.08. The lowest BCUT2D eigenvalue weighted by Gasteiger charge is -2.09. The number of para-hydroxylation sites is 1. The zero-order valence-electron chi connectivity index (χ0n) is 12.5. The summed E-state index contributed by atoms with van der Waals surface area (Å²) >= 11 is 0. The Kier molecular flexibility index (Phi) is 4.16. The van der Waals surface area contributed by atoms with Gasteiger partial charge in [0.1, 0.15) is 29.0 Å². The Hall–Kier alpha value is -3.39. The summed E-state index contributed by atoms with van der Waals surface area (Å²) in [4.78, 5) is 8.27. The van der Waals surface area contributed by atoms with E-state index in [-0.39, 0.29) is 0 Å². The molecule has 112 valence electrons. The fourth-order valence-corrected chi connectivity index (χ4v) is 2.01. The Morgan fingerprint density at radius 3 is 2.39 bits per heavy atom. The molecule has 23 heavy (non-hydrogen) atoms. The predicted octanol–water partition coefficient (Wildman–Crippen LogP) is 4.19. The Balaban J connectivity index is 1.76. The number of nitrogens with one attached hydrogen (secondary N) is 1. The lowest BCUT2D eigenvalue weighted by Crippen LogP contribution is -2.00. The van der Waals surface area contributed by atoms with Crippen molar-refractivity contribution < 1.29 is 4.74 Å². The van der Waals surface area contributed by atoms with Crippen molar-refractivity contribution >= 4 is 11.5 Å². The molecule has 0 saturated carbocycles. The molecule has 0 bridgehead atoms. The molecule has 2 aromatic carbocycles. The normalized spacial score (nSPS) is 9.91. The minimum Gasteiger partial charge on any atom is -0.457 e. The first kappa shape index (κ1) is 14.5. The molecule has 0 aliphatic carbocycles. The summed E-state index contributed by atoms with van der Waals surface area (Å²) in [6.45, 7) is 1.78. The largest absolute Gasteiger partial charge is 0.457 e. The van der Waals surface area contributed by atoms with Gasteiger partial charge < -0.3 is 10.1 Å². The molecule has 0 saturated heterocycles. The minimum absolute atomic E-state index is 0.403. The third-order valence-electron chi connectivity index (χ3n) is 3.13. The third-order valence-corrected chi connectivity index (χ3v) is 3.13. The van der Waals surface area contributed by atoms with Crippen LogP contribution in [0.25, 0.3) is 0 Å². The van der Waals surface area contributed by atoms with E-state index in [1.807, 2.05) is 54.6 Å². The van der Waals surface area contributed by atoms with Crippen molar-refractivity contribution in [3.05, 3.63) is 72.2 Å². The molecule has 0 radical (unpaired) electrons. The average Bonchev–Trinajstić information content (AvgIpc) is 2.58. The third kappa shape index (κ3) is 3.63. The van der Waals surface area contributed by atoms with Crippen LogP contribution in [0.2, 0.25) is 0 Å². The molecule has 0 atom stereocenters. The molecular formula is C18H14N4O. The molecule has 3 aromatic rings. The summed E-state index contributed by atoms with van der Waals surface area (Å²) in [7, 11) is 0. The number of hydrogen-bond acceptors (Lipinski definition) is 5. The van der Waals surface area contributed by atoms with Gasteiger partial charge in [0.2, 0.25) is 0 Å². The maximum atomic E-state index is 9.11. The van der Waals surface area contributed by atoms with Crippen molar-refractivity contribution in [1.29, 1.82) is 5.26 Å². The summed E-state index contributed by atoms with van der Waals surface area (Å²) in [6, 6.07) is 19.1. The Labute approximate surface area is 134 Å². The van der Waals surface area contributed by atoms with Crippen LogP contribution in [0.5, 0.6) is 11.5 Å². The van der Waals surface area contributed by atoms with Gasteiger partial charge >= 0.3 is 0 Å². The van der Waals surface area contributed by atoms with E-state index in [9.17, 15) is 0 Å². The van der Waals surface area contributed by atoms with Crippen molar-refractivity contribution in [2.24, 2.45) is 0 Å². The second-order valence-electron chi connectivity index (χ2n) is 4.86. The molecule has 0 unspecified atom stereocenters. The van der Waals surface area contributed by atoms with E-state index >= 15 is 0 Å². The lowest BCUT2D eigenvalue weighted by atomic mass is 10.2. The topological polar surface area (TPSA) is 70.8 Å². The second-order valence-corrected chi connectivity index (χ2v) is 4.86. The zero-order chi connectivity index (χ0) is 16.1. The van der Waals surface area contributed by atoms with E-state index in [4.69, 9.17) is 10.00 Å². The van der Waals surface area contributed by atoms with Gasteiger partial charge in [0.15, 0.2) is 5.82 Å². The Morgan fingerprint density at radius 1 is 1.00 bits per heavy atom. The van der Waals surface area contributed by atoms with Crippen LogP contribution in [0.3, 0.4) is 0 Å². The van der Waals surface area contributed by atoms with Crippen LogP contribution < -0.4 is 10.1 Å². The summed E-state index contributed by atoms with van der Waals surface area (Å²) in [5.74, 6) is 2.62. The smallest absolute Gasteiger partial charge is 0.152 e. The molecular weight excluding hydrogens is 288 g/mol. The fourth-order valence-electron chi connectivity index (χ4n) is 2.01. The molecule has 1 aromatic heterocycles. The first-order chi connectivity index (χ1) is 11.2. The molecule has 5 nitrogen and oxygen atoms in total. The average molecular weight is 302 g/mol. The number of nitriles is 1. The number of anilines is 2. The summed E-state index contributed by atoms with van der Waals surface area (Å²) in [5, 5.41) is 12.2. The van der Waals surface area contributed by atoms with Crippen molar-refractivity contribution in [2.45, 2.75) is 6.92 Å². The summed E-state index contributed by atoms with van der Waals surface area (Å²) in [5.41, 5.74) is 1.22. The maximum Gasteiger partial charge on any atom is 0.152 e. The highest BCUT2D eigenvalue weighted by atomic mass is 16.5. The van der Waals surface area contributed by atoms with Gasteiger partial charge in [0.25, 0.3) is 0 Å². The number of hydrogen-bond donors (Lipinski definition) is 1. The standard InChI is InChI=1S/C18H14N4O/c1-13-20-12-14(11-19)18(21-13)22-15-7-9-17(10-8-15)23-16-5-3-2-4-6-16/h2-10,12H,1H3,(H,20,21,22). The van der Waals surface area contributed by atoms with E-state index in [0.29, 0.717) is 17.2 Å². The summed E-state index contributed by atoms with van der Waals surface area (Å²) in [6.07, 6.45) is 1.51. The lowest BCUT2D eigenvalue weighted by molar-refractivity contribution is 0.483. The quantitative estimate of drug-likeness (QED) is 0.782. The van der Waals surface area contributed by atoms with Crippen LogP contribution in [0.1, 0.15) is 11.4 Å². The van der Waals surface area contributed by atoms with Crippen LogP contribution in [-0.2, 0) is 0 Å². The van der Waals surface area contributed by atoms with Gasteiger partial charge in [0, 0.05) is 5.69 Å². The molecule has 1 heterocycles. The van der Waals surface area contributed by atoms with Crippen LogP contribution in [0.15, 0.2) is 60.8 Å². The van der Waals surface area contributed by atoms with Crippen LogP contribution in [0, 0.1) is 18.3 Å². The van der Waals surface area contributed by atoms with Crippen LogP contribution in [-0.4, -0.2) is 9.97 Å². The molecule has 5 heteroatoms. The SMILES string of the molecule is Cc1ncc(C#N)c(Nc2ccc(Oc3ccccc3)cc2)n1. The molecule has 1 N–H and O–H groups in total. The van der Waals surface area contributed by atoms with Crippen LogP contribution in [0.4, 0.5) is 11.5 Å². The number of rotatable bonds is 4. The van der Waals surface area contributed by atoms with E-state index < -0.39 is 0 Å². The van der Waals surface area contributed by atoms with Gasteiger partial charge in [-0.1, -0.05) is 18.2 Å². The highest BCUT2D eigenvalue weighted by Gasteiger charge is 2.06. The number of benzene rings is 2. The van der Waals surface area contributed by atoms with Gasteiger partial charge in [-0.3, -0.25) is 0 Å². The van der Waals surface area contributed by atoms with Crippen molar-refractivity contribution in [1.82, 2.24) is 9.97 Å². The van der Waals surface area contributed by atoms with E-state index in [1.165, 1.54) is 6.20 Å². The highest BCUT2D eigenvalue weighted by Crippen LogP contribution is 2.24. The number of nitrogens with zero attached hydrogens (tertiary/aromatic N) is 3.